The molecule has 3 nitrogen and oxygen atoms in total. The van der Waals surface area contributed by atoms with E-state index in [1.165, 1.54) is 0 Å². The van der Waals surface area contributed by atoms with Crippen molar-refractivity contribution in [2.75, 3.05) is 0 Å². The van der Waals surface area contributed by atoms with Gasteiger partial charge in [0.2, 0.25) is 0 Å². The molecule has 7 heteroatoms. The highest BCUT2D eigenvalue weighted by Crippen LogP contribution is 2.39. The van der Waals surface area contributed by atoms with Crippen LogP contribution in [0.25, 0.3) is 0 Å². The van der Waals surface area contributed by atoms with E-state index in [0.29, 0.717) is 17.3 Å². The van der Waals surface area contributed by atoms with Crippen LogP contribution in [0.3, 0.4) is 0 Å². The fourth-order valence-electron chi connectivity index (χ4n) is 2.72. The van der Waals surface area contributed by atoms with Crippen molar-refractivity contribution in [2.24, 2.45) is 5.92 Å². The molecule has 0 radical (unpaired) electrons. The molecule has 3 rings (SSSR count). The van der Waals surface area contributed by atoms with E-state index in [0.717, 1.165) is 6.07 Å². The number of carbonyl (C=O) groups excluding carboxylic acids is 1. The predicted octanol–water partition coefficient (Wildman–Crippen LogP) is 3.84. The van der Waals surface area contributed by atoms with Gasteiger partial charge in [0.1, 0.15) is 0 Å². The van der Waals surface area contributed by atoms with Gasteiger partial charge in [-0.3, -0.25) is 9.78 Å². The second-order valence-electron chi connectivity index (χ2n) is 5.36. The molecular weight excluding hydrogens is 331 g/mol. The first-order chi connectivity index (χ1) is 10.8. The number of Topliss-reactive ketones (excluding diaryl/α,β-unsaturated/α-hetero) is 1. The number of aromatic nitrogens is 1. The van der Waals surface area contributed by atoms with Crippen molar-refractivity contribution < 1.29 is 23.1 Å². The molecule has 2 atom stereocenters. The van der Waals surface area contributed by atoms with Gasteiger partial charge in [0, 0.05) is 18.2 Å². The predicted molar refractivity (Wildman–Crippen MR) is 77.2 cm³/mol. The summed E-state index contributed by atoms with van der Waals surface area (Å²) in [5.41, 5.74) is 0.149. The first kappa shape index (κ1) is 16.0. The molecule has 0 saturated carbocycles. The fraction of sp³-hybridized carbons (Fsp3) is 0.250. The molecule has 0 bridgehead atoms. The maximum Gasteiger partial charge on any atom is 0.417 e. The van der Waals surface area contributed by atoms with Gasteiger partial charge in [0.15, 0.2) is 5.78 Å². The van der Waals surface area contributed by atoms with Gasteiger partial charge in [-0.2, -0.15) is 13.2 Å². The quantitative estimate of drug-likeness (QED) is 0.902. The standard InChI is InChI=1S/C16H11ClF3NO2/c17-12-5-8(16(18,19)20)7-21-13(12)6-11-14(22)9-3-1-2-4-10(9)15(11)23/h1-5,7,11,14,22H,6H2. The first-order valence-electron chi connectivity index (χ1n) is 6.82. The maximum absolute atomic E-state index is 12.6. The summed E-state index contributed by atoms with van der Waals surface area (Å²) in [7, 11) is 0. The largest absolute Gasteiger partial charge is 0.417 e. The topological polar surface area (TPSA) is 50.2 Å². The van der Waals surface area contributed by atoms with Gasteiger partial charge in [-0.1, -0.05) is 35.9 Å². The van der Waals surface area contributed by atoms with Crippen LogP contribution in [-0.2, 0) is 12.6 Å². The second kappa shape index (κ2) is 5.62. The number of fused-ring (bicyclic) bond motifs is 1. The zero-order valence-electron chi connectivity index (χ0n) is 11.6. The minimum absolute atomic E-state index is 0.0222. The molecule has 1 heterocycles. The van der Waals surface area contributed by atoms with E-state index in [1.807, 2.05) is 0 Å². The maximum atomic E-state index is 12.6. The number of carbonyl (C=O) groups is 1. The molecule has 1 aliphatic rings. The average molecular weight is 342 g/mol. The van der Waals surface area contributed by atoms with E-state index in [1.54, 1.807) is 24.3 Å². The summed E-state index contributed by atoms with van der Waals surface area (Å²) in [5.74, 6) is -1.06. The van der Waals surface area contributed by atoms with Crippen LogP contribution in [0.2, 0.25) is 5.02 Å². The van der Waals surface area contributed by atoms with Crippen LogP contribution >= 0.6 is 11.6 Å². The second-order valence-corrected chi connectivity index (χ2v) is 5.76. The molecule has 23 heavy (non-hydrogen) atoms. The van der Waals surface area contributed by atoms with Crippen LogP contribution in [0.15, 0.2) is 36.5 Å². The Morgan fingerprint density at radius 2 is 1.96 bits per heavy atom. The van der Waals surface area contributed by atoms with Crippen LogP contribution < -0.4 is 0 Å². The lowest BCUT2D eigenvalue weighted by Crippen LogP contribution is -2.18. The number of hydrogen-bond acceptors (Lipinski definition) is 3. The number of hydrogen-bond donors (Lipinski definition) is 1. The number of nitrogens with zero attached hydrogens (tertiary/aromatic N) is 1. The van der Waals surface area contributed by atoms with Gasteiger partial charge < -0.3 is 5.11 Å². The number of pyridine rings is 1. The number of benzene rings is 1. The third-order valence-electron chi connectivity index (χ3n) is 3.92. The number of halogens is 4. The average Bonchev–Trinajstić information content (AvgIpc) is 2.73. The number of rotatable bonds is 2. The summed E-state index contributed by atoms with van der Waals surface area (Å²) in [6.45, 7) is 0. The number of ketones is 1. The molecule has 0 spiro atoms. The molecule has 2 unspecified atom stereocenters. The van der Waals surface area contributed by atoms with E-state index >= 15 is 0 Å². The van der Waals surface area contributed by atoms with E-state index in [-0.39, 0.29) is 22.9 Å². The van der Waals surface area contributed by atoms with Crippen molar-refractivity contribution in [3.05, 3.63) is 63.9 Å². The van der Waals surface area contributed by atoms with Crippen molar-refractivity contribution in [1.82, 2.24) is 4.98 Å². The Bertz CT molecular complexity index is 776. The van der Waals surface area contributed by atoms with E-state index in [4.69, 9.17) is 11.6 Å². The Hall–Kier alpha value is -1.92. The summed E-state index contributed by atoms with van der Waals surface area (Å²) < 4.78 is 37.8. The van der Waals surface area contributed by atoms with Gasteiger partial charge in [-0.15, -0.1) is 0 Å². The summed E-state index contributed by atoms with van der Waals surface area (Å²) in [5, 5.41) is 10.1. The molecule has 120 valence electrons. The summed E-state index contributed by atoms with van der Waals surface area (Å²) in [6.07, 6.45) is -4.89. The van der Waals surface area contributed by atoms with Gasteiger partial charge in [0.25, 0.3) is 0 Å². The van der Waals surface area contributed by atoms with Crippen molar-refractivity contribution in [1.29, 1.82) is 0 Å². The number of aliphatic hydroxyl groups excluding tert-OH is 1. The Labute approximate surface area is 134 Å². The molecule has 0 amide bonds. The molecule has 0 aliphatic heterocycles. The third-order valence-corrected chi connectivity index (χ3v) is 4.25. The number of aliphatic hydroxyl groups is 1. The van der Waals surface area contributed by atoms with Crippen LogP contribution in [0.5, 0.6) is 0 Å². The van der Waals surface area contributed by atoms with Crippen molar-refractivity contribution in [3.63, 3.8) is 0 Å². The fourth-order valence-corrected chi connectivity index (χ4v) is 2.97. The Morgan fingerprint density at radius 1 is 1.26 bits per heavy atom. The van der Waals surface area contributed by atoms with Crippen LogP contribution in [0, 0.1) is 5.92 Å². The van der Waals surface area contributed by atoms with Gasteiger partial charge in [-0.05, 0) is 11.6 Å². The lowest BCUT2D eigenvalue weighted by molar-refractivity contribution is -0.137. The minimum atomic E-state index is -4.53. The molecule has 2 aromatic rings. The molecule has 0 fully saturated rings. The summed E-state index contributed by atoms with van der Waals surface area (Å²) >= 11 is 5.87. The van der Waals surface area contributed by atoms with E-state index in [2.05, 4.69) is 4.98 Å². The minimum Gasteiger partial charge on any atom is -0.388 e. The monoisotopic (exact) mass is 341 g/mol. The van der Waals surface area contributed by atoms with Crippen LogP contribution in [-0.4, -0.2) is 15.9 Å². The third kappa shape index (κ3) is 2.84. The highest BCUT2D eigenvalue weighted by molar-refractivity contribution is 6.31. The van der Waals surface area contributed by atoms with Crippen molar-refractivity contribution >= 4 is 17.4 Å². The summed E-state index contributed by atoms with van der Waals surface area (Å²) in [4.78, 5) is 16.1. The Morgan fingerprint density at radius 3 is 2.57 bits per heavy atom. The van der Waals surface area contributed by atoms with Crippen LogP contribution in [0.4, 0.5) is 13.2 Å². The van der Waals surface area contributed by atoms with Crippen LogP contribution in [0.1, 0.15) is 33.3 Å². The zero-order valence-corrected chi connectivity index (χ0v) is 12.4. The van der Waals surface area contributed by atoms with Gasteiger partial charge in [-0.25, -0.2) is 0 Å². The van der Waals surface area contributed by atoms with Gasteiger partial charge in [0.05, 0.1) is 28.3 Å². The lowest BCUT2D eigenvalue weighted by Gasteiger charge is -2.15. The van der Waals surface area contributed by atoms with E-state index in [9.17, 15) is 23.1 Å². The van der Waals surface area contributed by atoms with Crippen molar-refractivity contribution in [3.8, 4) is 0 Å². The Kier molecular flexibility index (Phi) is 3.90. The molecule has 1 aliphatic carbocycles. The SMILES string of the molecule is O=C1c2ccccc2C(O)C1Cc1ncc(C(F)(F)F)cc1Cl. The molecule has 1 aromatic carbocycles. The molecule has 1 aromatic heterocycles. The normalized spacial score (nSPS) is 20.7. The highest BCUT2D eigenvalue weighted by Gasteiger charge is 2.39. The highest BCUT2D eigenvalue weighted by atomic mass is 35.5. The van der Waals surface area contributed by atoms with Gasteiger partial charge >= 0.3 is 6.18 Å². The molecule has 1 N–H and O–H groups in total. The lowest BCUT2D eigenvalue weighted by atomic mass is 9.96. The van der Waals surface area contributed by atoms with Crippen molar-refractivity contribution in [2.45, 2.75) is 18.7 Å². The number of alkyl halides is 3. The Balaban J connectivity index is 1.88. The zero-order chi connectivity index (χ0) is 16.8. The molecule has 0 saturated heterocycles. The smallest absolute Gasteiger partial charge is 0.388 e. The first-order valence-corrected chi connectivity index (χ1v) is 7.19. The summed E-state index contributed by atoms with van der Waals surface area (Å²) in [6, 6.07) is 7.45. The van der Waals surface area contributed by atoms with E-state index < -0.39 is 23.8 Å². The molecular formula is C16H11ClF3NO2.